The molecule has 0 spiro atoms. The molecule has 112 valence electrons. The van der Waals surface area contributed by atoms with Crippen LogP contribution in [0, 0.1) is 5.92 Å². The molecule has 1 heterocycles. The van der Waals surface area contributed by atoms with Crippen LogP contribution >= 0.6 is 12.2 Å². The largest absolute Gasteiger partial charge is 0.392 e. The van der Waals surface area contributed by atoms with Gasteiger partial charge in [0.2, 0.25) is 10.0 Å². The zero-order valence-electron chi connectivity index (χ0n) is 11.8. The molecule has 0 aliphatic rings. The lowest BCUT2D eigenvalue weighted by molar-refractivity contribution is 0.527. The highest BCUT2D eigenvalue weighted by molar-refractivity contribution is 7.90. The summed E-state index contributed by atoms with van der Waals surface area (Å²) in [4.78, 5) is 4.47. The van der Waals surface area contributed by atoms with E-state index in [0.29, 0.717) is 10.9 Å². The first kappa shape index (κ1) is 15.8. The second kappa shape index (κ2) is 6.05. The van der Waals surface area contributed by atoms with Crippen molar-refractivity contribution in [2.45, 2.75) is 24.8 Å². The molecule has 0 amide bonds. The Morgan fingerprint density at radius 1 is 1.29 bits per heavy atom. The summed E-state index contributed by atoms with van der Waals surface area (Å²) in [5.74, 6) is -0.0367. The summed E-state index contributed by atoms with van der Waals surface area (Å²) in [7, 11) is -3.73. The van der Waals surface area contributed by atoms with Gasteiger partial charge in [0, 0.05) is 11.6 Å². The van der Waals surface area contributed by atoms with E-state index in [1.54, 1.807) is 36.5 Å². The summed E-state index contributed by atoms with van der Waals surface area (Å²) < 4.78 is 27.8. The highest BCUT2D eigenvalue weighted by Gasteiger charge is 2.25. The van der Waals surface area contributed by atoms with E-state index in [9.17, 15) is 8.42 Å². The molecular formula is C14H17N3O2S2. The zero-order valence-corrected chi connectivity index (χ0v) is 13.4. The Kier molecular flexibility index (Phi) is 4.55. The van der Waals surface area contributed by atoms with Gasteiger partial charge in [0.1, 0.15) is 0 Å². The molecule has 1 aromatic heterocycles. The molecule has 0 radical (unpaired) electrons. The molecule has 0 fully saturated rings. The van der Waals surface area contributed by atoms with Gasteiger partial charge in [0.05, 0.1) is 21.4 Å². The normalized spacial score (nSPS) is 13.5. The average molecular weight is 323 g/mol. The highest BCUT2D eigenvalue weighted by atomic mass is 32.2. The van der Waals surface area contributed by atoms with E-state index in [1.807, 2.05) is 13.8 Å². The van der Waals surface area contributed by atoms with Crippen LogP contribution in [-0.4, -0.2) is 24.4 Å². The van der Waals surface area contributed by atoms with Crippen molar-refractivity contribution in [2.24, 2.45) is 11.7 Å². The number of hydrogen-bond donors (Lipinski definition) is 2. The summed E-state index contributed by atoms with van der Waals surface area (Å²) in [6.45, 7) is 3.72. The number of pyridine rings is 1. The van der Waals surface area contributed by atoms with E-state index in [4.69, 9.17) is 18.0 Å². The Labute approximate surface area is 129 Å². The van der Waals surface area contributed by atoms with E-state index in [0.717, 1.165) is 0 Å². The number of benzene rings is 1. The van der Waals surface area contributed by atoms with E-state index in [1.165, 1.54) is 0 Å². The van der Waals surface area contributed by atoms with Gasteiger partial charge in [-0.2, -0.15) is 0 Å². The SMILES string of the molecule is CC(C)C(NS(=O)(=O)c1cccc2ncccc12)C(N)=S. The van der Waals surface area contributed by atoms with Crippen molar-refractivity contribution in [3.63, 3.8) is 0 Å². The van der Waals surface area contributed by atoms with Crippen LogP contribution < -0.4 is 10.5 Å². The Morgan fingerprint density at radius 2 is 2.00 bits per heavy atom. The minimum Gasteiger partial charge on any atom is -0.392 e. The van der Waals surface area contributed by atoms with E-state index >= 15 is 0 Å². The number of nitrogens with zero attached hydrogens (tertiary/aromatic N) is 1. The monoisotopic (exact) mass is 323 g/mol. The van der Waals surface area contributed by atoms with Crippen LogP contribution in [0.1, 0.15) is 13.8 Å². The molecule has 3 N–H and O–H groups in total. The summed E-state index contributed by atoms with van der Waals surface area (Å²) in [6.07, 6.45) is 1.62. The quantitative estimate of drug-likeness (QED) is 0.820. The number of fused-ring (bicyclic) bond motifs is 1. The van der Waals surface area contributed by atoms with Crippen molar-refractivity contribution in [3.8, 4) is 0 Å². The molecule has 0 aliphatic carbocycles. The Balaban J connectivity index is 2.50. The van der Waals surface area contributed by atoms with Gasteiger partial charge in [-0.1, -0.05) is 32.1 Å². The lowest BCUT2D eigenvalue weighted by atomic mass is 10.1. The molecular weight excluding hydrogens is 306 g/mol. The Hall–Kier alpha value is -1.57. The fraction of sp³-hybridized carbons (Fsp3) is 0.286. The molecule has 0 aliphatic heterocycles. The summed E-state index contributed by atoms with van der Waals surface area (Å²) in [5.41, 5.74) is 6.25. The van der Waals surface area contributed by atoms with E-state index in [-0.39, 0.29) is 15.8 Å². The minimum absolute atomic E-state index is 0.0367. The third-order valence-electron chi connectivity index (χ3n) is 3.15. The van der Waals surface area contributed by atoms with Gasteiger partial charge in [-0.3, -0.25) is 4.98 Å². The summed E-state index contributed by atoms with van der Waals surface area (Å²) in [5, 5.41) is 0.568. The predicted molar refractivity (Wildman–Crippen MR) is 87.5 cm³/mol. The molecule has 21 heavy (non-hydrogen) atoms. The number of hydrogen-bond acceptors (Lipinski definition) is 4. The topological polar surface area (TPSA) is 85.1 Å². The van der Waals surface area contributed by atoms with Gasteiger partial charge in [0.25, 0.3) is 0 Å². The van der Waals surface area contributed by atoms with Crippen molar-refractivity contribution in [3.05, 3.63) is 36.5 Å². The number of thiocarbonyl (C=S) groups is 1. The van der Waals surface area contributed by atoms with Gasteiger partial charge >= 0.3 is 0 Å². The number of nitrogens with one attached hydrogen (secondary N) is 1. The number of aromatic nitrogens is 1. The summed E-state index contributed by atoms with van der Waals surface area (Å²) >= 11 is 4.95. The van der Waals surface area contributed by atoms with Crippen LogP contribution in [0.25, 0.3) is 10.9 Å². The molecule has 7 heteroatoms. The molecule has 2 aromatic rings. The second-order valence-corrected chi connectivity index (χ2v) is 7.23. The molecule has 1 atom stereocenters. The van der Waals surface area contributed by atoms with Gasteiger partial charge in [0.15, 0.2) is 0 Å². The molecule has 5 nitrogen and oxygen atoms in total. The maximum Gasteiger partial charge on any atom is 0.241 e. The molecule has 1 aromatic carbocycles. The van der Waals surface area contributed by atoms with E-state index in [2.05, 4.69) is 9.71 Å². The van der Waals surface area contributed by atoms with Crippen molar-refractivity contribution in [1.82, 2.24) is 9.71 Å². The molecule has 0 saturated carbocycles. The standard InChI is InChI=1S/C14H17N3O2S2/c1-9(2)13(14(15)20)17-21(18,19)12-7-3-6-11-10(12)5-4-8-16-11/h3-9,13,17H,1-2H3,(H2,15,20). The van der Waals surface area contributed by atoms with Crippen LogP contribution in [-0.2, 0) is 10.0 Å². The highest BCUT2D eigenvalue weighted by Crippen LogP contribution is 2.21. The number of sulfonamides is 1. The third kappa shape index (κ3) is 3.37. The maximum absolute atomic E-state index is 12.6. The van der Waals surface area contributed by atoms with Gasteiger partial charge in [-0.05, 0) is 30.2 Å². The van der Waals surface area contributed by atoms with Crippen molar-refractivity contribution in [2.75, 3.05) is 0 Å². The van der Waals surface area contributed by atoms with E-state index < -0.39 is 16.1 Å². The Morgan fingerprint density at radius 3 is 2.62 bits per heavy atom. The van der Waals surface area contributed by atoms with Crippen LogP contribution in [0.5, 0.6) is 0 Å². The number of rotatable bonds is 5. The fourth-order valence-corrected chi connectivity index (χ4v) is 4.05. The van der Waals surface area contributed by atoms with Gasteiger partial charge in [-0.25, -0.2) is 13.1 Å². The zero-order chi connectivity index (χ0) is 15.6. The predicted octanol–water partition coefficient (Wildman–Crippen LogP) is 1.82. The Bertz CT molecular complexity index is 767. The average Bonchev–Trinajstić information content (AvgIpc) is 2.43. The fourth-order valence-electron chi connectivity index (χ4n) is 2.06. The van der Waals surface area contributed by atoms with Crippen LogP contribution in [0.15, 0.2) is 41.4 Å². The third-order valence-corrected chi connectivity index (χ3v) is 4.90. The van der Waals surface area contributed by atoms with Crippen molar-refractivity contribution in [1.29, 1.82) is 0 Å². The molecule has 0 saturated heterocycles. The number of nitrogens with two attached hydrogens (primary N) is 1. The van der Waals surface area contributed by atoms with Crippen LogP contribution in [0.2, 0.25) is 0 Å². The molecule has 1 unspecified atom stereocenters. The molecule has 2 rings (SSSR count). The maximum atomic E-state index is 12.6. The first-order chi connectivity index (χ1) is 9.83. The van der Waals surface area contributed by atoms with Gasteiger partial charge in [-0.15, -0.1) is 0 Å². The van der Waals surface area contributed by atoms with Crippen molar-refractivity contribution < 1.29 is 8.42 Å². The first-order valence-corrected chi connectivity index (χ1v) is 8.37. The van der Waals surface area contributed by atoms with Crippen LogP contribution in [0.3, 0.4) is 0 Å². The van der Waals surface area contributed by atoms with Gasteiger partial charge < -0.3 is 5.73 Å². The first-order valence-electron chi connectivity index (χ1n) is 6.48. The lowest BCUT2D eigenvalue weighted by Crippen LogP contribution is -2.46. The minimum atomic E-state index is -3.73. The molecule has 0 bridgehead atoms. The summed E-state index contributed by atoms with van der Waals surface area (Å²) in [6, 6.07) is 7.81. The smallest absolute Gasteiger partial charge is 0.241 e. The van der Waals surface area contributed by atoms with Crippen LogP contribution in [0.4, 0.5) is 0 Å². The van der Waals surface area contributed by atoms with Crippen molar-refractivity contribution >= 4 is 38.1 Å². The second-order valence-electron chi connectivity index (χ2n) is 5.07. The lowest BCUT2D eigenvalue weighted by Gasteiger charge is -2.21.